The quantitative estimate of drug-likeness (QED) is 0.811. The van der Waals surface area contributed by atoms with E-state index in [9.17, 15) is 8.42 Å². The zero-order chi connectivity index (χ0) is 12.5. The molecule has 0 aromatic carbocycles. The van der Waals surface area contributed by atoms with E-state index in [2.05, 4.69) is 5.32 Å². The number of nitrogens with one attached hydrogen (secondary N) is 1. The standard InChI is InChI=1S/C12H24N2O2S/c1-13-12(8-4-3-5-9-12)10-14(2)17(15,16)11-6-7-11/h11,13H,3-10H2,1-2H3. The molecule has 17 heavy (non-hydrogen) atoms. The van der Waals surface area contributed by atoms with E-state index in [4.69, 9.17) is 0 Å². The topological polar surface area (TPSA) is 49.4 Å². The lowest BCUT2D eigenvalue weighted by molar-refractivity contribution is 0.208. The van der Waals surface area contributed by atoms with Crippen LogP contribution in [0.3, 0.4) is 0 Å². The predicted molar refractivity (Wildman–Crippen MR) is 69.4 cm³/mol. The van der Waals surface area contributed by atoms with Gasteiger partial charge in [-0.15, -0.1) is 0 Å². The highest BCUT2D eigenvalue weighted by atomic mass is 32.2. The van der Waals surface area contributed by atoms with Crippen molar-refractivity contribution in [3.8, 4) is 0 Å². The first-order valence-electron chi connectivity index (χ1n) is 6.64. The summed E-state index contributed by atoms with van der Waals surface area (Å²) >= 11 is 0. The maximum atomic E-state index is 12.1. The Morgan fingerprint density at radius 3 is 2.29 bits per heavy atom. The summed E-state index contributed by atoms with van der Waals surface area (Å²) in [6.07, 6.45) is 7.57. The van der Waals surface area contributed by atoms with E-state index in [1.54, 1.807) is 11.4 Å². The molecule has 2 aliphatic rings. The lowest BCUT2D eigenvalue weighted by atomic mass is 9.82. The molecule has 2 saturated carbocycles. The Morgan fingerprint density at radius 1 is 1.24 bits per heavy atom. The normalized spacial score (nSPS) is 25.1. The number of hydrogen-bond donors (Lipinski definition) is 1. The molecule has 0 saturated heterocycles. The van der Waals surface area contributed by atoms with E-state index in [-0.39, 0.29) is 10.8 Å². The number of hydrogen-bond acceptors (Lipinski definition) is 3. The highest BCUT2D eigenvalue weighted by Gasteiger charge is 2.41. The van der Waals surface area contributed by atoms with Gasteiger partial charge in [-0.05, 0) is 32.7 Å². The molecular weight excluding hydrogens is 236 g/mol. The summed E-state index contributed by atoms with van der Waals surface area (Å²) in [5, 5.41) is 3.28. The van der Waals surface area contributed by atoms with Gasteiger partial charge in [0.2, 0.25) is 10.0 Å². The molecule has 0 aliphatic heterocycles. The van der Waals surface area contributed by atoms with Crippen LogP contribution in [-0.2, 0) is 10.0 Å². The van der Waals surface area contributed by atoms with Crippen LogP contribution in [0.1, 0.15) is 44.9 Å². The van der Waals surface area contributed by atoms with Gasteiger partial charge in [0.05, 0.1) is 5.25 Å². The SMILES string of the molecule is CNC1(CN(C)S(=O)(=O)C2CC2)CCCCC1. The molecule has 100 valence electrons. The van der Waals surface area contributed by atoms with Crippen LogP contribution in [0.5, 0.6) is 0 Å². The maximum absolute atomic E-state index is 12.1. The first-order chi connectivity index (χ1) is 8.00. The minimum absolute atomic E-state index is 0.00889. The van der Waals surface area contributed by atoms with Crippen LogP contribution >= 0.6 is 0 Å². The molecule has 2 aliphatic carbocycles. The van der Waals surface area contributed by atoms with Crippen molar-refractivity contribution < 1.29 is 8.42 Å². The largest absolute Gasteiger partial charge is 0.313 e. The molecule has 0 aromatic heterocycles. The average Bonchev–Trinajstić information content (AvgIpc) is 3.14. The van der Waals surface area contributed by atoms with E-state index < -0.39 is 10.0 Å². The summed E-state index contributed by atoms with van der Waals surface area (Å²) in [6, 6.07) is 0. The van der Waals surface area contributed by atoms with Gasteiger partial charge in [0.1, 0.15) is 0 Å². The van der Waals surface area contributed by atoms with Gasteiger partial charge in [-0.2, -0.15) is 0 Å². The van der Waals surface area contributed by atoms with E-state index in [1.165, 1.54) is 19.3 Å². The smallest absolute Gasteiger partial charge is 0.216 e. The molecule has 2 fully saturated rings. The number of likely N-dealkylation sites (N-methyl/N-ethyl adjacent to an activating group) is 2. The highest BCUT2D eigenvalue weighted by molar-refractivity contribution is 7.90. The van der Waals surface area contributed by atoms with Gasteiger partial charge in [0, 0.05) is 19.1 Å². The maximum Gasteiger partial charge on any atom is 0.216 e. The van der Waals surface area contributed by atoms with Gasteiger partial charge in [-0.3, -0.25) is 0 Å². The van der Waals surface area contributed by atoms with Crippen molar-refractivity contribution in [2.45, 2.75) is 55.7 Å². The van der Waals surface area contributed by atoms with Crippen molar-refractivity contribution in [2.24, 2.45) is 0 Å². The minimum Gasteiger partial charge on any atom is -0.313 e. The van der Waals surface area contributed by atoms with Crippen LogP contribution in [0, 0.1) is 0 Å². The second kappa shape index (κ2) is 4.86. The highest BCUT2D eigenvalue weighted by Crippen LogP contribution is 2.33. The third kappa shape index (κ3) is 2.83. The van der Waals surface area contributed by atoms with Crippen molar-refractivity contribution in [3.05, 3.63) is 0 Å². The molecule has 0 atom stereocenters. The summed E-state index contributed by atoms with van der Waals surface area (Å²) < 4.78 is 25.8. The van der Waals surface area contributed by atoms with Crippen LogP contribution in [0.2, 0.25) is 0 Å². The van der Waals surface area contributed by atoms with Gasteiger partial charge < -0.3 is 5.32 Å². The van der Waals surface area contributed by atoms with Gasteiger partial charge in [0.25, 0.3) is 0 Å². The Hall–Kier alpha value is -0.130. The molecule has 0 aromatic rings. The Morgan fingerprint density at radius 2 is 1.82 bits per heavy atom. The van der Waals surface area contributed by atoms with Crippen molar-refractivity contribution in [1.29, 1.82) is 0 Å². The molecule has 0 radical (unpaired) electrons. The fourth-order valence-electron chi connectivity index (χ4n) is 2.85. The van der Waals surface area contributed by atoms with Crippen molar-refractivity contribution in [1.82, 2.24) is 9.62 Å². The third-order valence-corrected chi connectivity index (χ3v) is 6.56. The van der Waals surface area contributed by atoms with Crippen LogP contribution in [0.4, 0.5) is 0 Å². The monoisotopic (exact) mass is 260 g/mol. The van der Waals surface area contributed by atoms with Crippen molar-refractivity contribution in [3.63, 3.8) is 0 Å². The Bertz CT molecular complexity index is 357. The third-order valence-electron chi connectivity index (χ3n) is 4.25. The van der Waals surface area contributed by atoms with Crippen molar-refractivity contribution in [2.75, 3.05) is 20.6 Å². The Balaban J connectivity index is 2.02. The lowest BCUT2D eigenvalue weighted by Crippen LogP contribution is -2.53. The lowest BCUT2D eigenvalue weighted by Gasteiger charge is -2.39. The van der Waals surface area contributed by atoms with Gasteiger partial charge >= 0.3 is 0 Å². The first-order valence-corrected chi connectivity index (χ1v) is 8.15. The number of sulfonamides is 1. The fourth-order valence-corrected chi connectivity index (χ4v) is 4.52. The van der Waals surface area contributed by atoms with E-state index in [0.29, 0.717) is 6.54 Å². The second-order valence-electron chi connectivity index (χ2n) is 5.59. The zero-order valence-corrected chi connectivity index (χ0v) is 11.7. The summed E-state index contributed by atoms with van der Waals surface area (Å²) in [7, 11) is 0.679. The van der Waals surface area contributed by atoms with Crippen LogP contribution in [0.15, 0.2) is 0 Å². The second-order valence-corrected chi connectivity index (χ2v) is 7.91. The fraction of sp³-hybridized carbons (Fsp3) is 1.00. The Labute approximate surface area is 105 Å². The first kappa shape index (κ1) is 13.3. The molecule has 4 nitrogen and oxygen atoms in total. The summed E-state index contributed by atoms with van der Waals surface area (Å²) in [5.74, 6) is 0. The summed E-state index contributed by atoms with van der Waals surface area (Å²) in [5.41, 5.74) is 0.00889. The molecule has 0 spiro atoms. The minimum atomic E-state index is -3.02. The van der Waals surface area contributed by atoms with Gasteiger partial charge in [-0.1, -0.05) is 19.3 Å². The molecule has 1 N–H and O–H groups in total. The van der Waals surface area contributed by atoms with Gasteiger partial charge in [-0.25, -0.2) is 12.7 Å². The molecule has 0 unspecified atom stereocenters. The molecule has 0 amide bonds. The number of nitrogens with zero attached hydrogens (tertiary/aromatic N) is 1. The molecule has 2 rings (SSSR count). The Kier molecular flexibility index (Phi) is 3.80. The zero-order valence-electron chi connectivity index (χ0n) is 10.9. The summed E-state index contributed by atoms with van der Waals surface area (Å²) in [6.45, 7) is 0.627. The van der Waals surface area contributed by atoms with Crippen LogP contribution < -0.4 is 5.32 Å². The average molecular weight is 260 g/mol. The van der Waals surface area contributed by atoms with Crippen LogP contribution in [-0.4, -0.2) is 44.2 Å². The molecule has 0 bridgehead atoms. The number of rotatable bonds is 5. The molecular formula is C12H24N2O2S. The molecule has 0 heterocycles. The predicted octanol–water partition coefficient (Wildman–Crippen LogP) is 1.33. The van der Waals surface area contributed by atoms with Crippen LogP contribution in [0.25, 0.3) is 0 Å². The van der Waals surface area contributed by atoms with E-state index in [1.807, 2.05) is 7.05 Å². The van der Waals surface area contributed by atoms with Gasteiger partial charge in [0.15, 0.2) is 0 Å². The molecule has 5 heteroatoms. The summed E-state index contributed by atoms with van der Waals surface area (Å²) in [4.78, 5) is 0. The van der Waals surface area contributed by atoms with Crippen molar-refractivity contribution >= 4 is 10.0 Å². The van der Waals surface area contributed by atoms with E-state index >= 15 is 0 Å². The van der Waals surface area contributed by atoms with E-state index in [0.717, 1.165) is 25.7 Å².